The summed E-state index contributed by atoms with van der Waals surface area (Å²) in [4.78, 5) is 6.95. The van der Waals surface area contributed by atoms with Crippen LogP contribution in [-0.2, 0) is 6.42 Å². The molecule has 9 aromatic carbocycles. The van der Waals surface area contributed by atoms with Crippen LogP contribution >= 0.6 is 0 Å². The third-order valence-electron chi connectivity index (χ3n) is 11.1. The second-order valence-electron chi connectivity index (χ2n) is 15.1. The Bertz CT molecular complexity index is 2760. The summed E-state index contributed by atoms with van der Waals surface area (Å²) >= 11 is 0. The van der Waals surface area contributed by atoms with Gasteiger partial charge in [0.2, 0.25) is 0 Å². The van der Waals surface area contributed by atoms with Crippen LogP contribution in [0.1, 0.15) is 11.1 Å². The maximum Gasteiger partial charge on any atom is 0.0491 e. The fourth-order valence-corrected chi connectivity index (χ4v) is 8.07. The van der Waals surface area contributed by atoms with Crippen LogP contribution in [-0.4, -0.2) is 0 Å². The van der Waals surface area contributed by atoms with E-state index in [1.807, 2.05) is 6.08 Å². The zero-order chi connectivity index (χ0) is 41.4. The van der Waals surface area contributed by atoms with E-state index in [0.717, 1.165) is 57.6 Å². The highest BCUT2D eigenvalue weighted by Crippen LogP contribution is 2.41. The Labute approximate surface area is 360 Å². The van der Waals surface area contributed by atoms with E-state index in [1.54, 1.807) is 0 Å². The number of nitrogens with zero attached hydrogens (tertiary/aromatic N) is 3. The zero-order valence-corrected chi connectivity index (χ0v) is 34.3. The number of rotatable bonds is 13. The number of anilines is 9. The Morgan fingerprint density at radius 3 is 0.984 bits per heavy atom. The minimum atomic E-state index is 0.856. The second-order valence-corrected chi connectivity index (χ2v) is 15.1. The van der Waals surface area contributed by atoms with Gasteiger partial charge < -0.3 is 14.7 Å². The van der Waals surface area contributed by atoms with Gasteiger partial charge in [0.1, 0.15) is 0 Å². The van der Waals surface area contributed by atoms with Gasteiger partial charge in [0, 0.05) is 51.2 Å². The van der Waals surface area contributed by atoms with Crippen LogP contribution in [0.25, 0.3) is 22.3 Å². The van der Waals surface area contributed by atoms with Gasteiger partial charge in [-0.25, -0.2) is 0 Å². The number of hydrogen-bond acceptors (Lipinski definition) is 3. The first-order chi connectivity index (χ1) is 30.1. The van der Waals surface area contributed by atoms with Crippen LogP contribution in [0.3, 0.4) is 0 Å². The van der Waals surface area contributed by atoms with Crippen molar-refractivity contribution in [1.29, 1.82) is 0 Å². The zero-order valence-electron chi connectivity index (χ0n) is 34.3. The van der Waals surface area contributed by atoms with Crippen molar-refractivity contribution in [3.8, 4) is 22.3 Å². The smallest absolute Gasteiger partial charge is 0.0491 e. The first-order valence-corrected chi connectivity index (χ1v) is 20.8. The van der Waals surface area contributed by atoms with Crippen molar-refractivity contribution in [2.24, 2.45) is 0 Å². The van der Waals surface area contributed by atoms with Crippen LogP contribution in [0.15, 0.2) is 249 Å². The molecule has 294 valence electrons. The molecule has 3 nitrogen and oxygen atoms in total. The van der Waals surface area contributed by atoms with Crippen LogP contribution in [0.5, 0.6) is 0 Å². The number of benzene rings is 9. The van der Waals surface area contributed by atoms with Gasteiger partial charge >= 0.3 is 0 Å². The van der Waals surface area contributed by atoms with Gasteiger partial charge in [-0.05, 0) is 156 Å². The first kappa shape index (κ1) is 38.6. The fourth-order valence-electron chi connectivity index (χ4n) is 8.07. The Morgan fingerprint density at radius 2 is 0.623 bits per heavy atom. The van der Waals surface area contributed by atoms with Crippen molar-refractivity contribution in [2.75, 3.05) is 14.7 Å². The molecule has 0 radical (unpaired) electrons. The van der Waals surface area contributed by atoms with Crippen molar-refractivity contribution >= 4 is 51.2 Å². The third kappa shape index (κ3) is 8.50. The van der Waals surface area contributed by atoms with Gasteiger partial charge in [-0.1, -0.05) is 133 Å². The van der Waals surface area contributed by atoms with Crippen molar-refractivity contribution < 1.29 is 0 Å². The van der Waals surface area contributed by atoms with Crippen LogP contribution < -0.4 is 14.7 Å². The second kappa shape index (κ2) is 17.9. The third-order valence-corrected chi connectivity index (χ3v) is 11.1. The summed E-state index contributed by atoms with van der Waals surface area (Å²) in [5.41, 5.74) is 17.2. The van der Waals surface area contributed by atoms with Gasteiger partial charge in [0.15, 0.2) is 0 Å². The molecule has 0 amide bonds. The summed E-state index contributed by atoms with van der Waals surface area (Å²) in [5.74, 6) is 0. The summed E-state index contributed by atoms with van der Waals surface area (Å²) < 4.78 is 0. The molecule has 0 heterocycles. The van der Waals surface area contributed by atoms with Crippen molar-refractivity contribution in [2.45, 2.75) is 13.3 Å². The van der Waals surface area contributed by atoms with Gasteiger partial charge in [-0.2, -0.15) is 0 Å². The van der Waals surface area contributed by atoms with Crippen molar-refractivity contribution in [1.82, 2.24) is 0 Å². The van der Waals surface area contributed by atoms with E-state index < -0.39 is 0 Å². The molecule has 0 aromatic heterocycles. The predicted molar refractivity (Wildman–Crippen MR) is 260 cm³/mol. The van der Waals surface area contributed by atoms with E-state index in [1.165, 1.54) is 33.4 Å². The van der Waals surface area contributed by atoms with E-state index in [2.05, 4.69) is 265 Å². The summed E-state index contributed by atoms with van der Waals surface area (Å²) in [7, 11) is 0. The maximum absolute atomic E-state index is 3.91. The Balaban J connectivity index is 0.984. The molecule has 0 aliphatic carbocycles. The summed E-state index contributed by atoms with van der Waals surface area (Å²) in [6.07, 6.45) is 2.80. The van der Waals surface area contributed by atoms with Crippen LogP contribution in [0.4, 0.5) is 51.2 Å². The molecule has 0 saturated carbocycles. The van der Waals surface area contributed by atoms with E-state index in [0.29, 0.717) is 0 Å². The number of aryl methyl sites for hydroxylation is 1. The minimum absolute atomic E-state index is 0.856. The Morgan fingerprint density at radius 1 is 0.328 bits per heavy atom. The van der Waals surface area contributed by atoms with Crippen LogP contribution in [0.2, 0.25) is 0 Å². The quantitative estimate of drug-likeness (QED) is 0.108. The minimum Gasteiger partial charge on any atom is -0.311 e. The monoisotopic (exact) mass is 785 g/mol. The lowest BCUT2D eigenvalue weighted by Gasteiger charge is -2.28. The van der Waals surface area contributed by atoms with E-state index >= 15 is 0 Å². The predicted octanol–water partition coefficient (Wildman–Crippen LogP) is 16.5. The van der Waals surface area contributed by atoms with E-state index in [4.69, 9.17) is 0 Å². The fraction of sp³-hybridized carbons (Fsp3) is 0.0345. The standard InChI is InChI=1S/C58H47N3/c1-3-16-45-25-34-54(35-26-45)60(52-21-12-6-13-22-52)56-38-31-48(32-39-56)49-33-42-58(44(2)43-49)61(53-23-14-7-15-24-53)57-40-29-47(30-41-57)46-27-36-55(37-28-46)59(50-17-8-4-9-18-50)51-19-10-5-11-20-51/h3-15,17-43H,1,16H2,2H3. The molecular formula is C58H47N3. The molecule has 9 rings (SSSR count). The number of hydrogen-bond donors (Lipinski definition) is 0. The molecule has 0 unspecified atom stereocenters. The molecule has 0 aliphatic heterocycles. The van der Waals surface area contributed by atoms with E-state index in [9.17, 15) is 0 Å². The first-order valence-electron chi connectivity index (χ1n) is 20.8. The topological polar surface area (TPSA) is 9.72 Å². The molecule has 3 heteroatoms. The van der Waals surface area contributed by atoms with Gasteiger partial charge in [-0.15, -0.1) is 6.58 Å². The summed E-state index contributed by atoms with van der Waals surface area (Å²) in [5, 5.41) is 0. The molecule has 61 heavy (non-hydrogen) atoms. The SMILES string of the molecule is C=CCc1ccc(N(c2ccccc2)c2ccc(-c3ccc(N(c4ccccc4)c4ccc(-c5ccc(N(c6ccccc6)c6ccccc6)cc5)cc4)c(C)c3)cc2)cc1. The highest BCUT2D eigenvalue weighted by Gasteiger charge is 2.18. The van der Waals surface area contributed by atoms with Gasteiger partial charge in [-0.3, -0.25) is 0 Å². The molecule has 9 aromatic rings. The number of allylic oxidation sites excluding steroid dienone is 1. The summed E-state index contributed by atoms with van der Waals surface area (Å²) in [6.45, 7) is 6.11. The van der Waals surface area contributed by atoms with Crippen molar-refractivity contribution in [3.05, 3.63) is 260 Å². The Hall–Kier alpha value is -7.88. The maximum atomic E-state index is 3.91. The molecule has 0 N–H and O–H groups in total. The molecule has 0 aliphatic rings. The average Bonchev–Trinajstić information content (AvgIpc) is 3.33. The normalized spacial score (nSPS) is 10.8. The lowest BCUT2D eigenvalue weighted by Crippen LogP contribution is -2.11. The molecule has 0 spiro atoms. The largest absolute Gasteiger partial charge is 0.311 e. The molecule has 0 saturated heterocycles. The summed E-state index contributed by atoms with van der Waals surface area (Å²) in [6, 6.07) is 84.4. The Kier molecular flexibility index (Phi) is 11.4. The lowest BCUT2D eigenvalue weighted by molar-refractivity contribution is 1.24. The average molecular weight is 786 g/mol. The van der Waals surface area contributed by atoms with Crippen molar-refractivity contribution in [3.63, 3.8) is 0 Å². The molecular weight excluding hydrogens is 739 g/mol. The lowest BCUT2D eigenvalue weighted by atomic mass is 10.00. The van der Waals surface area contributed by atoms with E-state index in [-0.39, 0.29) is 0 Å². The van der Waals surface area contributed by atoms with Gasteiger partial charge in [0.05, 0.1) is 0 Å². The van der Waals surface area contributed by atoms with Crippen LogP contribution in [0, 0.1) is 6.92 Å². The highest BCUT2D eigenvalue weighted by atomic mass is 15.2. The molecule has 0 atom stereocenters. The highest BCUT2D eigenvalue weighted by molar-refractivity contribution is 5.84. The van der Waals surface area contributed by atoms with Gasteiger partial charge in [0.25, 0.3) is 0 Å². The molecule has 0 fully saturated rings. The number of para-hydroxylation sites is 4. The molecule has 0 bridgehead atoms.